The van der Waals surface area contributed by atoms with Gasteiger partial charge < -0.3 is 15.1 Å². The number of nitrogens with zero attached hydrogens (tertiary/aromatic N) is 2. The number of ether oxygens (including phenoxy) is 1. The van der Waals surface area contributed by atoms with E-state index < -0.39 is 0 Å². The number of anilines is 2. The number of hydrazine groups is 1. The molecule has 23 heavy (non-hydrogen) atoms. The average molecular weight is 331 g/mol. The predicted molar refractivity (Wildman–Crippen MR) is 91.4 cm³/mol. The fraction of sp³-hybridized carbons (Fsp3) is 0.353. The Morgan fingerprint density at radius 2 is 2.00 bits per heavy atom. The normalized spacial score (nSPS) is 19.0. The maximum absolute atomic E-state index is 6.40. The van der Waals surface area contributed by atoms with Crippen LogP contribution in [0, 0.1) is 0 Å². The highest BCUT2D eigenvalue weighted by atomic mass is 35.5. The minimum atomic E-state index is -0.137. The van der Waals surface area contributed by atoms with E-state index in [-0.39, 0.29) is 5.60 Å². The number of aromatic nitrogens is 1. The van der Waals surface area contributed by atoms with E-state index in [0.717, 1.165) is 31.6 Å². The number of nitrogens with one attached hydrogen (secondary N) is 1. The molecule has 4 rings (SSSR count). The van der Waals surface area contributed by atoms with Gasteiger partial charge in [-0.3, -0.25) is 0 Å². The quantitative estimate of drug-likeness (QED) is 0.654. The van der Waals surface area contributed by atoms with Gasteiger partial charge in [0.25, 0.3) is 0 Å². The molecule has 1 saturated heterocycles. The van der Waals surface area contributed by atoms with Crippen LogP contribution in [0.5, 0.6) is 0 Å². The molecule has 3 heterocycles. The molecule has 0 amide bonds. The molecule has 0 unspecified atom stereocenters. The Morgan fingerprint density at radius 3 is 2.78 bits per heavy atom. The van der Waals surface area contributed by atoms with Gasteiger partial charge in [0.1, 0.15) is 5.02 Å². The number of piperidine rings is 1. The van der Waals surface area contributed by atoms with Gasteiger partial charge in [0.05, 0.1) is 17.9 Å². The van der Waals surface area contributed by atoms with Crippen LogP contribution in [0.4, 0.5) is 11.5 Å². The SMILES string of the molecule is NNc1nccc(N2CCC3(CC2)OCc2ccccc23)c1Cl. The number of halogens is 1. The number of benzene rings is 1. The fourth-order valence-corrected chi connectivity index (χ4v) is 3.97. The second-order valence-electron chi connectivity index (χ2n) is 6.06. The topological polar surface area (TPSA) is 63.4 Å². The molecule has 0 bridgehead atoms. The smallest absolute Gasteiger partial charge is 0.160 e. The molecule has 2 aliphatic rings. The highest BCUT2D eigenvalue weighted by molar-refractivity contribution is 6.35. The van der Waals surface area contributed by atoms with Crippen LogP contribution in [0.25, 0.3) is 0 Å². The number of fused-ring (bicyclic) bond motifs is 2. The molecule has 120 valence electrons. The van der Waals surface area contributed by atoms with Crippen molar-refractivity contribution in [2.24, 2.45) is 5.84 Å². The summed E-state index contributed by atoms with van der Waals surface area (Å²) in [5, 5.41) is 0.568. The molecule has 2 aliphatic heterocycles. The summed E-state index contributed by atoms with van der Waals surface area (Å²) < 4.78 is 6.21. The number of nitrogens with two attached hydrogens (primary N) is 1. The molecule has 3 N–H and O–H groups in total. The highest BCUT2D eigenvalue weighted by Crippen LogP contribution is 2.45. The van der Waals surface area contributed by atoms with E-state index in [1.54, 1.807) is 6.20 Å². The summed E-state index contributed by atoms with van der Waals surface area (Å²) in [6.45, 7) is 2.50. The summed E-state index contributed by atoms with van der Waals surface area (Å²) in [7, 11) is 0. The highest BCUT2D eigenvalue weighted by Gasteiger charge is 2.42. The number of nitrogen functional groups attached to an aromatic ring is 1. The number of pyridine rings is 1. The van der Waals surface area contributed by atoms with Gasteiger partial charge in [-0.1, -0.05) is 35.9 Å². The molecule has 6 heteroatoms. The summed E-state index contributed by atoms with van der Waals surface area (Å²) in [6, 6.07) is 10.5. The third kappa shape index (κ3) is 2.36. The minimum absolute atomic E-state index is 0.137. The minimum Gasteiger partial charge on any atom is -0.370 e. The van der Waals surface area contributed by atoms with Crippen molar-refractivity contribution >= 4 is 23.1 Å². The van der Waals surface area contributed by atoms with Crippen LogP contribution in [0.2, 0.25) is 5.02 Å². The first kappa shape index (κ1) is 14.8. The zero-order valence-corrected chi connectivity index (χ0v) is 13.5. The second kappa shape index (κ2) is 5.67. The van der Waals surface area contributed by atoms with E-state index in [9.17, 15) is 0 Å². The average Bonchev–Trinajstić information content (AvgIpc) is 2.95. The van der Waals surface area contributed by atoms with Crippen LogP contribution >= 0.6 is 11.6 Å². The van der Waals surface area contributed by atoms with Gasteiger partial charge in [0.15, 0.2) is 5.82 Å². The van der Waals surface area contributed by atoms with Crippen LogP contribution in [0.1, 0.15) is 24.0 Å². The van der Waals surface area contributed by atoms with Crippen molar-refractivity contribution in [3.8, 4) is 0 Å². The third-order valence-electron chi connectivity index (χ3n) is 4.93. The summed E-state index contributed by atoms with van der Waals surface area (Å²) in [6.07, 6.45) is 3.63. The van der Waals surface area contributed by atoms with E-state index in [2.05, 4.69) is 39.6 Å². The first-order valence-corrected chi connectivity index (χ1v) is 8.20. The number of hydrogen-bond acceptors (Lipinski definition) is 5. The van der Waals surface area contributed by atoms with Crippen molar-refractivity contribution in [3.05, 3.63) is 52.7 Å². The van der Waals surface area contributed by atoms with Gasteiger partial charge in [-0.25, -0.2) is 10.8 Å². The first-order chi connectivity index (χ1) is 11.2. The zero-order valence-electron chi connectivity index (χ0n) is 12.8. The van der Waals surface area contributed by atoms with Crippen LogP contribution in [-0.2, 0) is 16.9 Å². The van der Waals surface area contributed by atoms with Crippen molar-refractivity contribution in [1.29, 1.82) is 0 Å². The molecule has 0 aliphatic carbocycles. The van der Waals surface area contributed by atoms with Gasteiger partial charge in [-0.2, -0.15) is 0 Å². The lowest BCUT2D eigenvalue weighted by Gasteiger charge is -2.40. The lowest BCUT2D eigenvalue weighted by atomic mass is 9.83. The number of rotatable bonds is 2. The largest absolute Gasteiger partial charge is 0.370 e. The van der Waals surface area contributed by atoms with E-state index in [4.69, 9.17) is 22.2 Å². The maximum Gasteiger partial charge on any atom is 0.160 e. The molecular weight excluding hydrogens is 312 g/mol. The molecule has 0 radical (unpaired) electrons. The van der Waals surface area contributed by atoms with Gasteiger partial charge in [-0.05, 0) is 30.0 Å². The van der Waals surface area contributed by atoms with Crippen molar-refractivity contribution in [2.45, 2.75) is 25.0 Å². The summed E-state index contributed by atoms with van der Waals surface area (Å²) in [4.78, 5) is 6.41. The Bertz CT molecular complexity index is 728. The van der Waals surface area contributed by atoms with Gasteiger partial charge in [0, 0.05) is 19.3 Å². The van der Waals surface area contributed by atoms with Gasteiger partial charge in [-0.15, -0.1) is 0 Å². The Labute approximate surface area is 140 Å². The Morgan fingerprint density at radius 1 is 1.22 bits per heavy atom. The van der Waals surface area contributed by atoms with Gasteiger partial charge in [0.2, 0.25) is 0 Å². The van der Waals surface area contributed by atoms with Crippen molar-refractivity contribution in [1.82, 2.24) is 4.98 Å². The molecule has 1 fully saturated rings. The van der Waals surface area contributed by atoms with E-state index in [0.29, 0.717) is 17.4 Å². The Balaban J connectivity index is 1.57. The Kier molecular flexibility index (Phi) is 3.64. The molecule has 1 spiro atoms. The van der Waals surface area contributed by atoms with Crippen molar-refractivity contribution < 1.29 is 4.74 Å². The van der Waals surface area contributed by atoms with Crippen LogP contribution in [-0.4, -0.2) is 18.1 Å². The first-order valence-electron chi connectivity index (χ1n) is 7.82. The third-order valence-corrected chi connectivity index (χ3v) is 5.30. The lowest BCUT2D eigenvalue weighted by molar-refractivity contribution is -0.0551. The maximum atomic E-state index is 6.40. The molecular formula is C17H19ClN4O. The number of hydrogen-bond donors (Lipinski definition) is 2. The Hall–Kier alpha value is -1.82. The molecule has 0 atom stereocenters. The summed E-state index contributed by atoms with van der Waals surface area (Å²) in [5.41, 5.74) is 6.04. The monoisotopic (exact) mass is 330 g/mol. The molecule has 5 nitrogen and oxygen atoms in total. The fourth-order valence-electron chi connectivity index (χ4n) is 3.69. The van der Waals surface area contributed by atoms with E-state index in [1.165, 1.54) is 11.1 Å². The van der Waals surface area contributed by atoms with Crippen LogP contribution in [0.15, 0.2) is 36.5 Å². The van der Waals surface area contributed by atoms with Crippen LogP contribution < -0.4 is 16.2 Å². The predicted octanol–water partition coefficient (Wildman–Crippen LogP) is 3.05. The second-order valence-corrected chi connectivity index (χ2v) is 6.44. The van der Waals surface area contributed by atoms with E-state index in [1.807, 2.05) is 6.07 Å². The lowest BCUT2D eigenvalue weighted by Crippen LogP contribution is -2.42. The molecule has 2 aromatic rings. The van der Waals surface area contributed by atoms with Crippen molar-refractivity contribution in [2.75, 3.05) is 23.4 Å². The zero-order chi connectivity index (χ0) is 15.9. The molecule has 0 saturated carbocycles. The summed E-state index contributed by atoms with van der Waals surface area (Å²) in [5.74, 6) is 5.97. The molecule has 1 aromatic heterocycles. The van der Waals surface area contributed by atoms with Crippen molar-refractivity contribution in [3.63, 3.8) is 0 Å². The summed E-state index contributed by atoms with van der Waals surface area (Å²) >= 11 is 6.40. The molecule has 1 aromatic carbocycles. The van der Waals surface area contributed by atoms with Gasteiger partial charge >= 0.3 is 0 Å². The van der Waals surface area contributed by atoms with Crippen LogP contribution in [0.3, 0.4) is 0 Å². The van der Waals surface area contributed by atoms with E-state index >= 15 is 0 Å². The standard InChI is InChI=1S/C17H19ClN4O/c18-15-14(5-8-20-16(15)21-19)22-9-6-17(7-10-22)13-4-2-1-3-12(13)11-23-17/h1-5,8H,6-7,9-11,19H2,(H,20,21).